The molecular formula is C18H34O2. The SMILES string of the molecule is CCCCCCCCCCCCCC=C(C)C(=O)OC. The molecule has 2 heteroatoms. The molecule has 0 atom stereocenters. The zero-order valence-electron chi connectivity index (χ0n) is 13.9. The highest BCUT2D eigenvalue weighted by molar-refractivity contribution is 5.87. The first-order chi connectivity index (χ1) is 9.72. The van der Waals surface area contributed by atoms with Crippen LogP contribution in [0.1, 0.15) is 90.9 Å². The van der Waals surface area contributed by atoms with Crippen molar-refractivity contribution in [1.82, 2.24) is 0 Å². The largest absolute Gasteiger partial charge is 0.466 e. The molecule has 0 N–H and O–H groups in total. The van der Waals surface area contributed by atoms with Crippen LogP contribution in [0.3, 0.4) is 0 Å². The van der Waals surface area contributed by atoms with Gasteiger partial charge in [-0.2, -0.15) is 0 Å². The Morgan fingerprint density at radius 3 is 1.75 bits per heavy atom. The van der Waals surface area contributed by atoms with E-state index in [2.05, 4.69) is 11.7 Å². The number of hydrogen-bond acceptors (Lipinski definition) is 2. The smallest absolute Gasteiger partial charge is 0.333 e. The molecule has 0 heterocycles. The van der Waals surface area contributed by atoms with Gasteiger partial charge in [-0.1, -0.05) is 77.2 Å². The predicted molar refractivity (Wildman–Crippen MR) is 86.9 cm³/mol. The number of esters is 1. The van der Waals surface area contributed by atoms with E-state index in [9.17, 15) is 4.79 Å². The summed E-state index contributed by atoms with van der Waals surface area (Å²) in [6, 6.07) is 0. The Hall–Kier alpha value is -0.790. The fourth-order valence-electron chi connectivity index (χ4n) is 2.37. The van der Waals surface area contributed by atoms with Gasteiger partial charge in [-0.15, -0.1) is 0 Å². The van der Waals surface area contributed by atoms with Crippen molar-refractivity contribution in [2.45, 2.75) is 90.9 Å². The lowest BCUT2D eigenvalue weighted by molar-refractivity contribution is -0.136. The van der Waals surface area contributed by atoms with Gasteiger partial charge in [0.25, 0.3) is 0 Å². The minimum Gasteiger partial charge on any atom is -0.466 e. The van der Waals surface area contributed by atoms with Crippen LogP contribution >= 0.6 is 0 Å². The molecule has 0 aromatic heterocycles. The lowest BCUT2D eigenvalue weighted by Crippen LogP contribution is -2.01. The van der Waals surface area contributed by atoms with E-state index in [0.717, 1.165) is 12.0 Å². The fourth-order valence-corrected chi connectivity index (χ4v) is 2.37. The van der Waals surface area contributed by atoms with Gasteiger partial charge in [-0.25, -0.2) is 4.79 Å². The van der Waals surface area contributed by atoms with Gasteiger partial charge in [0, 0.05) is 5.57 Å². The van der Waals surface area contributed by atoms with Crippen LogP contribution < -0.4 is 0 Å². The number of unbranched alkanes of at least 4 members (excludes halogenated alkanes) is 11. The molecule has 0 saturated heterocycles. The monoisotopic (exact) mass is 282 g/mol. The number of carbonyl (C=O) groups is 1. The van der Waals surface area contributed by atoms with Crippen LogP contribution in [-0.4, -0.2) is 13.1 Å². The van der Waals surface area contributed by atoms with Gasteiger partial charge in [-0.3, -0.25) is 0 Å². The van der Waals surface area contributed by atoms with Gasteiger partial charge in [-0.05, 0) is 19.8 Å². The van der Waals surface area contributed by atoms with Crippen LogP contribution in [0.15, 0.2) is 11.6 Å². The maximum absolute atomic E-state index is 11.2. The molecule has 0 aliphatic rings. The third-order valence-electron chi connectivity index (χ3n) is 3.77. The third-order valence-corrected chi connectivity index (χ3v) is 3.77. The van der Waals surface area contributed by atoms with Crippen molar-refractivity contribution in [1.29, 1.82) is 0 Å². The average Bonchev–Trinajstić information content (AvgIpc) is 2.47. The molecule has 0 aliphatic heterocycles. The van der Waals surface area contributed by atoms with Crippen molar-refractivity contribution in [3.8, 4) is 0 Å². The molecule has 0 rings (SSSR count). The number of methoxy groups -OCH3 is 1. The summed E-state index contributed by atoms with van der Waals surface area (Å²) in [7, 11) is 1.43. The quantitative estimate of drug-likeness (QED) is 0.242. The van der Waals surface area contributed by atoms with E-state index in [0.29, 0.717) is 0 Å². The number of allylic oxidation sites excluding steroid dienone is 1. The van der Waals surface area contributed by atoms with E-state index in [1.54, 1.807) is 0 Å². The number of carbonyl (C=O) groups excluding carboxylic acids is 1. The van der Waals surface area contributed by atoms with Crippen LogP contribution in [0.4, 0.5) is 0 Å². The van der Waals surface area contributed by atoms with Crippen molar-refractivity contribution in [2.75, 3.05) is 7.11 Å². The average molecular weight is 282 g/mol. The summed E-state index contributed by atoms with van der Waals surface area (Å²) in [5, 5.41) is 0. The van der Waals surface area contributed by atoms with E-state index in [4.69, 9.17) is 0 Å². The van der Waals surface area contributed by atoms with E-state index in [-0.39, 0.29) is 5.97 Å². The molecule has 0 aliphatic carbocycles. The molecule has 0 bridgehead atoms. The second kappa shape index (κ2) is 14.6. The summed E-state index contributed by atoms with van der Waals surface area (Å²) in [6.45, 7) is 4.09. The fraction of sp³-hybridized carbons (Fsp3) is 0.833. The van der Waals surface area contributed by atoms with E-state index >= 15 is 0 Å². The molecule has 0 aromatic rings. The lowest BCUT2D eigenvalue weighted by Gasteiger charge is -2.02. The lowest BCUT2D eigenvalue weighted by atomic mass is 10.0. The van der Waals surface area contributed by atoms with Gasteiger partial charge in [0.05, 0.1) is 7.11 Å². The van der Waals surface area contributed by atoms with Crippen LogP contribution in [0.5, 0.6) is 0 Å². The predicted octanol–water partition coefficient (Wildman–Crippen LogP) is 5.81. The highest BCUT2D eigenvalue weighted by Gasteiger charge is 2.01. The zero-order valence-corrected chi connectivity index (χ0v) is 13.9. The van der Waals surface area contributed by atoms with Gasteiger partial charge >= 0.3 is 5.97 Å². The summed E-state index contributed by atoms with van der Waals surface area (Å²) in [4.78, 5) is 11.2. The molecule has 0 radical (unpaired) electrons. The third kappa shape index (κ3) is 12.3. The molecule has 0 saturated carbocycles. The number of rotatable bonds is 13. The van der Waals surface area contributed by atoms with Gasteiger partial charge in [0.15, 0.2) is 0 Å². The van der Waals surface area contributed by atoms with Crippen LogP contribution in [0.2, 0.25) is 0 Å². The Balaban J connectivity index is 3.23. The zero-order chi connectivity index (χ0) is 15.1. The van der Waals surface area contributed by atoms with Crippen molar-refractivity contribution < 1.29 is 9.53 Å². The Morgan fingerprint density at radius 2 is 1.30 bits per heavy atom. The molecule has 0 aromatic carbocycles. The normalized spacial score (nSPS) is 11.7. The van der Waals surface area contributed by atoms with Crippen molar-refractivity contribution in [3.63, 3.8) is 0 Å². The van der Waals surface area contributed by atoms with Crippen LogP contribution in [-0.2, 0) is 9.53 Å². The molecule has 118 valence electrons. The molecule has 0 fully saturated rings. The van der Waals surface area contributed by atoms with Crippen molar-refractivity contribution in [2.24, 2.45) is 0 Å². The van der Waals surface area contributed by atoms with E-state index < -0.39 is 0 Å². The molecule has 0 unspecified atom stereocenters. The molecule has 0 amide bonds. The minimum atomic E-state index is -0.201. The van der Waals surface area contributed by atoms with Crippen molar-refractivity contribution in [3.05, 3.63) is 11.6 Å². The van der Waals surface area contributed by atoms with Gasteiger partial charge in [0.2, 0.25) is 0 Å². The van der Waals surface area contributed by atoms with Crippen LogP contribution in [0.25, 0.3) is 0 Å². The summed E-state index contributed by atoms with van der Waals surface area (Å²) in [6.07, 6.45) is 18.0. The summed E-state index contributed by atoms with van der Waals surface area (Å²) >= 11 is 0. The summed E-state index contributed by atoms with van der Waals surface area (Å²) < 4.78 is 4.66. The summed E-state index contributed by atoms with van der Waals surface area (Å²) in [5.41, 5.74) is 0.736. The molecule has 2 nitrogen and oxygen atoms in total. The molecular weight excluding hydrogens is 248 g/mol. The Morgan fingerprint density at radius 1 is 0.850 bits per heavy atom. The highest BCUT2D eigenvalue weighted by Crippen LogP contribution is 2.12. The van der Waals surface area contributed by atoms with E-state index in [1.165, 1.54) is 77.7 Å². The molecule has 20 heavy (non-hydrogen) atoms. The summed E-state index contributed by atoms with van der Waals surface area (Å²) in [5.74, 6) is -0.201. The first-order valence-electron chi connectivity index (χ1n) is 8.47. The second-order valence-corrected chi connectivity index (χ2v) is 5.70. The van der Waals surface area contributed by atoms with Crippen molar-refractivity contribution >= 4 is 5.97 Å². The standard InChI is InChI=1S/C18H34O2/c1-4-5-6-7-8-9-10-11-12-13-14-15-16-17(2)18(19)20-3/h16H,4-15H2,1-3H3. The molecule has 0 spiro atoms. The Kier molecular flexibility index (Phi) is 14.0. The number of hydrogen-bond donors (Lipinski definition) is 0. The topological polar surface area (TPSA) is 26.3 Å². The van der Waals surface area contributed by atoms with Gasteiger partial charge in [0.1, 0.15) is 0 Å². The first-order valence-corrected chi connectivity index (χ1v) is 8.47. The first kappa shape index (κ1) is 19.2. The Labute approximate surface area is 126 Å². The van der Waals surface area contributed by atoms with Gasteiger partial charge < -0.3 is 4.74 Å². The van der Waals surface area contributed by atoms with Crippen LogP contribution in [0, 0.1) is 0 Å². The minimum absolute atomic E-state index is 0.201. The highest BCUT2D eigenvalue weighted by atomic mass is 16.5. The number of ether oxygens (including phenoxy) is 1. The maximum Gasteiger partial charge on any atom is 0.333 e. The van der Waals surface area contributed by atoms with E-state index in [1.807, 2.05) is 13.0 Å². The Bertz CT molecular complexity index is 256. The second-order valence-electron chi connectivity index (χ2n) is 5.70. The maximum atomic E-state index is 11.2.